The predicted molar refractivity (Wildman–Crippen MR) is 101 cm³/mol. The van der Waals surface area contributed by atoms with Gasteiger partial charge in [0.1, 0.15) is 12.3 Å². The largest absolute Gasteiger partial charge is 0.468 e. The van der Waals surface area contributed by atoms with Crippen molar-refractivity contribution in [1.29, 1.82) is 0 Å². The summed E-state index contributed by atoms with van der Waals surface area (Å²) in [6.07, 6.45) is 5.25. The Morgan fingerprint density at radius 2 is 2.00 bits per heavy atom. The van der Waals surface area contributed by atoms with Gasteiger partial charge in [-0.3, -0.25) is 19.2 Å². The highest BCUT2D eigenvalue weighted by Gasteiger charge is 2.26. The van der Waals surface area contributed by atoms with Crippen LogP contribution in [0.1, 0.15) is 24.6 Å². The first-order chi connectivity index (χ1) is 13.2. The van der Waals surface area contributed by atoms with E-state index in [0.717, 1.165) is 18.8 Å². The summed E-state index contributed by atoms with van der Waals surface area (Å²) in [7, 11) is 0. The molecule has 2 aromatic heterocycles. The lowest BCUT2D eigenvalue weighted by Crippen LogP contribution is -2.38. The Kier molecular flexibility index (Phi) is 5.02. The molecule has 140 valence electrons. The second kappa shape index (κ2) is 7.75. The molecule has 0 spiro atoms. The van der Waals surface area contributed by atoms with Crippen LogP contribution >= 0.6 is 0 Å². The molecule has 7 nitrogen and oxygen atoms in total. The number of amides is 1. The number of carbonyl (C=O) groups excluding carboxylic acids is 1. The van der Waals surface area contributed by atoms with Gasteiger partial charge in [0, 0.05) is 11.9 Å². The SMILES string of the molecule is O=C(Cn1ncc(=O)c2ccccc21)NC[C@H](c1ccco1)N1CCCC1. The van der Waals surface area contributed by atoms with Crippen LogP contribution < -0.4 is 10.7 Å². The van der Waals surface area contributed by atoms with Gasteiger partial charge in [0.2, 0.25) is 11.3 Å². The van der Waals surface area contributed by atoms with Crippen molar-refractivity contribution in [1.82, 2.24) is 20.0 Å². The molecular formula is C20H22N4O3. The molecule has 0 unspecified atom stereocenters. The van der Waals surface area contributed by atoms with E-state index < -0.39 is 0 Å². The van der Waals surface area contributed by atoms with Gasteiger partial charge >= 0.3 is 0 Å². The molecule has 1 aliphatic heterocycles. The Morgan fingerprint density at radius 1 is 1.19 bits per heavy atom. The third-order valence-electron chi connectivity index (χ3n) is 5.00. The maximum absolute atomic E-state index is 12.5. The molecule has 3 heterocycles. The number of nitrogens with one attached hydrogen (secondary N) is 1. The summed E-state index contributed by atoms with van der Waals surface area (Å²) >= 11 is 0. The number of aromatic nitrogens is 2. The number of hydrogen-bond acceptors (Lipinski definition) is 5. The Bertz CT molecular complexity index is 974. The Balaban J connectivity index is 1.46. The summed E-state index contributed by atoms with van der Waals surface area (Å²) in [5.74, 6) is 0.719. The number of rotatable bonds is 6. The van der Waals surface area contributed by atoms with Crippen LogP contribution in [0.2, 0.25) is 0 Å². The van der Waals surface area contributed by atoms with Crippen LogP contribution in [-0.4, -0.2) is 40.2 Å². The summed E-state index contributed by atoms with van der Waals surface area (Å²) in [5, 5.41) is 7.67. The maximum Gasteiger partial charge on any atom is 0.241 e. The Labute approximate surface area is 156 Å². The van der Waals surface area contributed by atoms with E-state index in [1.807, 2.05) is 18.2 Å². The standard InChI is InChI=1S/C20H22N4O3/c25-18-13-22-24(16-7-2-1-6-15(16)18)14-20(26)21-12-17(19-8-5-11-27-19)23-9-3-4-10-23/h1-2,5-8,11,13,17H,3-4,9-10,12,14H2,(H,21,26)/t17-/m1/s1. The molecule has 0 saturated carbocycles. The van der Waals surface area contributed by atoms with Gasteiger partial charge in [-0.05, 0) is 50.2 Å². The second-order valence-corrected chi connectivity index (χ2v) is 6.76. The van der Waals surface area contributed by atoms with Crippen molar-refractivity contribution < 1.29 is 9.21 Å². The molecular weight excluding hydrogens is 344 g/mol. The Hall–Kier alpha value is -2.93. The summed E-state index contributed by atoms with van der Waals surface area (Å²) in [4.78, 5) is 26.8. The fourth-order valence-corrected chi connectivity index (χ4v) is 3.63. The number of benzene rings is 1. The van der Waals surface area contributed by atoms with Gasteiger partial charge in [0.05, 0.1) is 24.0 Å². The maximum atomic E-state index is 12.5. The third-order valence-corrected chi connectivity index (χ3v) is 5.00. The molecule has 1 amide bonds. The molecule has 1 atom stereocenters. The van der Waals surface area contributed by atoms with E-state index in [-0.39, 0.29) is 23.9 Å². The first kappa shape index (κ1) is 17.5. The van der Waals surface area contributed by atoms with Crippen LogP contribution in [0, 0.1) is 0 Å². The zero-order chi connectivity index (χ0) is 18.6. The number of furan rings is 1. The van der Waals surface area contributed by atoms with E-state index in [2.05, 4.69) is 15.3 Å². The van der Waals surface area contributed by atoms with Crippen LogP contribution in [-0.2, 0) is 11.3 Å². The van der Waals surface area contributed by atoms with Crippen molar-refractivity contribution in [2.24, 2.45) is 0 Å². The Morgan fingerprint density at radius 3 is 2.78 bits per heavy atom. The molecule has 7 heteroatoms. The monoisotopic (exact) mass is 366 g/mol. The lowest BCUT2D eigenvalue weighted by atomic mass is 10.2. The number of para-hydroxylation sites is 1. The fraction of sp³-hybridized carbons (Fsp3) is 0.350. The zero-order valence-electron chi connectivity index (χ0n) is 15.0. The lowest BCUT2D eigenvalue weighted by Gasteiger charge is -2.26. The highest BCUT2D eigenvalue weighted by Crippen LogP contribution is 2.24. The van der Waals surface area contributed by atoms with Crippen molar-refractivity contribution in [2.45, 2.75) is 25.4 Å². The number of carbonyl (C=O) groups is 1. The van der Waals surface area contributed by atoms with Crippen molar-refractivity contribution in [3.63, 3.8) is 0 Å². The summed E-state index contributed by atoms with van der Waals surface area (Å²) in [5.41, 5.74) is 0.511. The quantitative estimate of drug-likeness (QED) is 0.721. The summed E-state index contributed by atoms with van der Waals surface area (Å²) in [6, 6.07) is 11.0. The van der Waals surface area contributed by atoms with Crippen molar-refractivity contribution in [3.8, 4) is 0 Å². The minimum Gasteiger partial charge on any atom is -0.468 e. The second-order valence-electron chi connectivity index (χ2n) is 6.76. The van der Waals surface area contributed by atoms with Crippen LogP contribution in [0.4, 0.5) is 0 Å². The zero-order valence-corrected chi connectivity index (χ0v) is 15.0. The predicted octanol–water partition coefficient (Wildman–Crippen LogP) is 1.94. The number of likely N-dealkylation sites (tertiary alicyclic amines) is 1. The van der Waals surface area contributed by atoms with Crippen LogP contribution in [0.3, 0.4) is 0 Å². The lowest BCUT2D eigenvalue weighted by molar-refractivity contribution is -0.122. The van der Waals surface area contributed by atoms with Crippen LogP contribution in [0.5, 0.6) is 0 Å². The van der Waals surface area contributed by atoms with Crippen molar-refractivity contribution >= 4 is 16.8 Å². The summed E-state index contributed by atoms with van der Waals surface area (Å²) < 4.78 is 7.14. The molecule has 1 saturated heterocycles. The van der Waals surface area contributed by atoms with Gasteiger partial charge in [-0.2, -0.15) is 5.10 Å². The molecule has 1 aromatic carbocycles. The number of hydrogen-bond donors (Lipinski definition) is 1. The highest BCUT2D eigenvalue weighted by molar-refractivity contribution is 5.81. The van der Waals surface area contributed by atoms with E-state index in [0.29, 0.717) is 17.4 Å². The minimum absolute atomic E-state index is 0.0326. The molecule has 0 bridgehead atoms. The van der Waals surface area contributed by atoms with E-state index in [4.69, 9.17) is 4.42 Å². The molecule has 27 heavy (non-hydrogen) atoms. The van der Waals surface area contributed by atoms with Crippen molar-refractivity contribution in [3.05, 3.63) is 64.8 Å². The molecule has 1 N–H and O–H groups in total. The van der Waals surface area contributed by atoms with Crippen LogP contribution in [0.25, 0.3) is 10.9 Å². The van der Waals surface area contributed by atoms with E-state index in [9.17, 15) is 9.59 Å². The molecule has 0 aliphatic carbocycles. The van der Waals surface area contributed by atoms with Gasteiger partial charge in [-0.25, -0.2) is 0 Å². The van der Waals surface area contributed by atoms with Gasteiger partial charge in [-0.15, -0.1) is 0 Å². The van der Waals surface area contributed by atoms with Crippen LogP contribution in [0.15, 0.2) is 58.1 Å². The average Bonchev–Trinajstić information content (AvgIpc) is 3.39. The van der Waals surface area contributed by atoms with Gasteiger partial charge < -0.3 is 9.73 Å². The first-order valence-electron chi connectivity index (χ1n) is 9.21. The normalized spacial score (nSPS) is 15.9. The molecule has 3 aromatic rings. The van der Waals surface area contributed by atoms with Gasteiger partial charge in [0.25, 0.3) is 0 Å². The number of fused-ring (bicyclic) bond motifs is 1. The van der Waals surface area contributed by atoms with Crippen molar-refractivity contribution in [2.75, 3.05) is 19.6 Å². The van der Waals surface area contributed by atoms with Gasteiger partial charge in [-0.1, -0.05) is 12.1 Å². The van der Waals surface area contributed by atoms with E-state index >= 15 is 0 Å². The molecule has 0 radical (unpaired) electrons. The smallest absolute Gasteiger partial charge is 0.241 e. The minimum atomic E-state index is -0.146. The molecule has 1 aliphatic rings. The molecule has 4 rings (SSSR count). The average molecular weight is 366 g/mol. The third kappa shape index (κ3) is 3.78. The number of nitrogens with zero attached hydrogens (tertiary/aromatic N) is 3. The molecule has 1 fully saturated rings. The van der Waals surface area contributed by atoms with E-state index in [1.165, 1.54) is 19.0 Å². The van der Waals surface area contributed by atoms with E-state index in [1.54, 1.807) is 29.1 Å². The fourth-order valence-electron chi connectivity index (χ4n) is 3.63. The first-order valence-corrected chi connectivity index (χ1v) is 9.21. The highest BCUT2D eigenvalue weighted by atomic mass is 16.3. The summed E-state index contributed by atoms with van der Waals surface area (Å²) in [6.45, 7) is 2.55. The topological polar surface area (TPSA) is 80.4 Å². The van der Waals surface area contributed by atoms with Gasteiger partial charge in [0.15, 0.2) is 0 Å².